The Morgan fingerprint density at radius 3 is 2.67 bits per heavy atom. The third-order valence-electron chi connectivity index (χ3n) is 7.70. The van der Waals surface area contributed by atoms with E-state index < -0.39 is 0 Å². The zero-order valence-electron chi connectivity index (χ0n) is 22.8. The van der Waals surface area contributed by atoms with Gasteiger partial charge in [-0.15, -0.1) is 0 Å². The summed E-state index contributed by atoms with van der Waals surface area (Å²) in [6.07, 6.45) is 2.47. The van der Waals surface area contributed by atoms with Crippen LogP contribution < -0.4 is 15.0 Å². The molecule has 1 fully saturated rings. The summed E-state index contributed by atoms with van der Waals surface area (Å²) in [4.78, 5) is 27.1. The van der Waals surface area contributed by atoms with Gasteiger partial charge in [0.1, 0.15) is 12.3 Å². The summed E-state index contributed by atoms with van der Waals surface area (Å²) in [6, 6.07) is 12.1. The highest BCUT2D eigenvalue weighted by atomic mass is 35.5. The fourth-order valence-corrected chi connectivity index (χ4v) is 5.82. The van der Waals surface area contributed by atoms with Gasteiger partial charge in [0.25, 0.3) is 0 Å². The molecule has 0 spiro atoms. The second kappa shape index (κ2) is 10.9. The summed E-state index contributed by atoms with van der Waals surface area (Å²) in [6.45, 7) is 14.2. The SMILES string of the molecule is CCN1CCN(c2cc(C)c(Nc3nccc(-c4cc(C#N)c5c(c4)C(C)(C)CN5[B]C=O)n3)cc2Cl)CC1. The van der Waals surface area contributed by atoms with E-state index >= 15 is 0 Å². The Morgan fingerprint density at radius 2 is 1.97 bits per heavy atom. The van der Waals surface area contributed by atoms with Crippen LogP contribution >= 0.6 is 11.6 Å². The van der Waals surface area contributed by atoms with Gasteiger partial charge in [0.2, 0.25) is 5.95 Å². The normalized spacial score (nSPS) is 16.5. The average molecular weight is 541 g/mol. The zero-order valence-corrected chi connectivity index (χ0v) is 23.6. The molecule has 0 unspecified atom stereocenters. The predicted molar refractivity (Wildman–Crippen MR) is 159 cm³/mol. The second-order valence-electron chi connectivity index (χ2n) is 10.8. The van der Waals surface area contributed by atoms with E-state index in [1.54, 1.807) is 6.20 Å². The van der Waals surface area contributed by atoms with Crippen molar-refractivity contribution in [2.75, 3.05) is 54.3 Å². The molecule has 39 heavy (non-hydrogen) atoms. The van der Waals surface area contributed by atoms with Crippen LogP contribution in [0.4, 0.5) is 23.0 Å². The second-order valence-corrected chi connectivity index (χ2v) is 11.2. The number of rotatable bonds is 7. The summed E-state index contributed by atoms with van der Waals surface area (Å²) in [5.41, 5.74) is 6.56. The van der Waals surface area contributed by atoms with Crippen LogP contribution in [0.5, 0.6) is 0 Å². The molecule has 0 bridgehead atoms. The van der Waals surface area contributed by atoms with E-state index in [9.17, 15) is 10.1 Å². The summed E-state index contributed by atoms with van der Waals surface area (Å²) in [7, 11) is 1.49. The number of nitrogens with one attached hydrogen (secondary N) is 1. The third kappa shape index (κ3) is 5.32. The zero-order chi connectivity index (χ0) is 27.7. The van der Waals surface area contributed by atoms with E-state index in [1.165, 1.54) is 7.41 Å². The van der Waals surface area contributed by atoms with E-state index in [1.807, 2.05) is 23.0 Å². The van der Waals surface area contributed by atoms with Crippen LogP contribution in [0, 0.1) is 18.3 Å². The molecule has 1 radical (unpaired) electrons. The molecule has 2 aromatic carbocycles. The number of aromatic nitrogens is 2. The van der Waals surface area contributed by atoms with Gasteiger partial charge in [0.05, 0.1) is 22.0 Å². The number of nitriles is 1. The molecule has 2 aliphatic heterocycles. The highest BCUT2D eigenvalue weighted by Crippen LogP contribution is 2.44. The smallest absolute Gasteiger partial charge is 0.329 e. The van der Waals surface area contributed by atoms with Crippen molar-refractivity contribution in [3.05, 3.63) is 58.2 Å². The molecule has 8 nitrogen and oxygen atoms in total. The number of hydrogen-bond donors (Lipinski definition) is 1. The molecule has 1 saturated heterocycles. The molecule has 1 N–H and O–H groups in total. The molecule has 5 rings (SSSR count). The summed E-state index contributed by atoms with van der Waals surface area (Å²) >= 11 is 6.75. The minimum absolute atomic E-state index is 0.233. The van der Waals surface area contributed by atoms with Crippen molar-refractivity contribution >= 4 is 48.2 Å². The van der Waals surface area contributed by atoms with Crippen LogP contribution in [0.15, 0.2) is 36.5 Å². The average Bonchev–Trinajstić information content (AvgIpc) is 3.20. The first-order valence-corrected chi connectivity index (χ1v) is 13.6. The Balaban J connectivity index is 1.42. The van der Waals surface area contributed by atoms with E-state index in [-0.39, 0.29) is 5.41 Å². The van der Waals surface area contributed by atoms with Gasteiger partial charge in [0, 0.05) is 61.3 Å². The topological polar surface area (TPSA) is 88.4 Å². The maximum Gasteiger partial charge on any atom is 0.329 e. The summed E-state index contributed by atoms with van der Waals surface area (Å²) in [5, 5.41) is 14.0. The predicted octanol–water partition coefficient (Wildman–Crippen LogP) is 4.77. The number of piperazine rings is 1. The summed E-state index contributed by atoms with van der Waals surface area (Å²) < 4.78 is 0. The number of carbonyl (C=O) groups is 1. The lowest BCUT2D eigenvalue weighted by atomic mass is 9.84. The van der Waals surface area contributed by atoms with Crippen LogP contribution in [0.25, 0.3) is 11.3 Å². The molecule has 0 aliphatic carbocycles. The maximum absolute atomic E-state index is 11.2. The van der Waals surface area contributed by atoms with Crippen molar-refractivity contribution in [2.24, 2.45) is 0 Å². The lowest BCUT2D eigenvalue weighted by Gasteiger charge is -2.36. The lowest BCUT2D eigenvalue weighted by molar-refractivity contribution is 0.271. The first kappa shape index (κ1) is 27.0. The quantitative estimate of drug-likeness (QED) is 0.339. The van der Waals surface area contributed by atoms with Crippen molar-refractivity contribution in [3.63, 3.8) is 0 Å². The minimum atomic E-state index is -0.233. The number of carbonyl (C=O) groups excluding carboxylic acids is 1. The fraction of sp³-hybridized carbons (Fsp3) is 0.379. The highest BCUT2D eigenvalue weighted by molar-refractivity contribution is 6.70. The molecule has 2 aliphatic rings. The fourth-order valence-electron chi connectivity index (χ4n) is 5.53. The largest absolute Gasteiger partial charge is 0.410 e. The van der Waals surface area contributed by atoms with Gasteiger partial charge >= 0.3 is 7.41 Å². The van der Waals surface area contributed by atoms with E-state index in [0.717, 1.165) is 72.7 Å². The number of hydrogen-bond acceptors (Lipinski definition) is 8. The Kier molecular flexibility index (Phi) is 7.52. The Bertz CT molecular complexity index is 1450. The number of benzene rings is 2. The van der Waals surface area contributed by atoms with Gasteiger partial charge in [-0.1, -0.05) is 32.4 Å². The van der Waals surface area contributed by atoms with E-state index in [4.69, 9.17) is 16.6 Å². The van der Waals surface area contributed by atoms with Gasteiger partial charge < -0.3 is 24.7 Å². The molecule has 0 saturated carbocycles. The Hall–Kier alpha value is -3.61. The van der Waals surface area contributed by atoms with Crippen LogP contribution in [0.3, 0.4) is 0 Å². The number of likely N-dealkylation sites (N-methyl/N-ethyl adjacent to an activating group) is 1. The van der Waals surface area contributed by atoms with Crippen molar-refractivity contribution in [1.82, 2.24) is 14.9 Å². The molecule has 3 heterocycles. The van der Waals surface area contributed by atoms with E-state index in [2.05, 4.69) is 66.0 Å². The molecule has 1 aromatic heterocycles. The van der Waals surface area contributed by atoms with Gasteiger partial charge in [-0.2, -0.15) is 5.26 Å². The lowest BCUT2D eigenvalue weighted by Crippen LogP contribution is -2.46. The first-order valence-electron chi connectivity index (χ1n) is 13.3. The van der Waals surface area contributed by atoms with Crippen molar-refractivity contribution in [2.45, 2.75) is 33.1 Å². The number of fused-ring (bicyclic) bond motifs is 1. The Labute approximate surface area is 235 Å². The molecule has 0 amide bonds. The van der Waals surface area contributed by atoms with Crippen LogP contribution in [0.2, 0.25) is 5.02 Å². The standard InChI is InChI=1S/C29H32BClN7O/c1-5-36-8-10-37(11-9-36)26-12-19(2)25(15-23(26)31)35-28-33-7-6-24(34-28)20-13-21(16-32)27-22(14-20)29(3,4)17-38(27)30-18-39/h6-7,12-15,18H,5,8-11,17H2,1-4H3,(H,33,34,35). The minimum Gasteiger partial charge on any atom is -0.410 e. The molecular formula is C29H32BClN7O. The van der Waals surface area contributed by atoms with Crippen LogP contribution in [-0.4, -0.2) is 67.7 Å². The highest BCUT2D eigenvalue weighted by Gasteiger charge is 2.37. The number of nitrogens with zero attached hydrogens (tertiary/aromatic N) is 6. The monoisotopic (exact) mass is 540 g/mol. The molecule has 3 aromatic rings. The molecule has 10 heteroatoms. The van der Waals surface area contributed by atoms with Crippen molar-refractivity contribution < 1.29 is 4.79 Å². The summed E-state index contributed by atoms with van der Waals surface area (Å²) in [5.74, 6) is 0.449. The molecule has 0 atom stereocenters. The molecular weight excluding hydrogens is 509 g/mol. The van der Waals surface area contributed by atoms with Crippen LogP contribution in [0.1, 0.15) is 37.5 Å². The maximum atomic E-state index is 11.2. The number of halogens is 1. The van der Waals surface area contributed by atoms with Gasteiger partial charge in [0.15, 0.2) is 0 Å². The Morgan fingerprint density at radius 1 is 1.21 bits per heavy atom. The van der Waals surface area contributed by atoms with Crippen LogP contribution in [-0.2, 0) is 10.2 Å². The first-order chi connectivity index (χ1) is 18.7. The van der Waals surface area contributed by atoms with Gasteiger partial charge in [-0.25, -0.2) is 9.97 Å². The van der Waals surface area contributed by atoms with E-state index in [0.29, 0.717) is 28.8 Å². The third-order valence-corrected chi connectivity index (χ3v) is 8.01. The molecule has 199 valence electrons. The van der Waals surface area contributed by atoms with Gasteiger partial charge in [-0.3, -0.25) is 0 Å². The number of anilines is 4. The van der Waals surface area contributed by atoms with Crippen molar-refractivity contribution in [1.29, 1.82) is 5.26 Å². The van der Waals surface area contributed by atoms with Gasteiger partial charge in [-0.05, 0) is 54.9 Å². The van der Waals surface area contributed by atoms with Crippen molar-refractivity contribution in [3.8, 4) is 17.3 Å². The number of aryl methyl sites for hydroxylation is 1.